The fourth-order valence-electron chi connectivity index (χ4n) is 4.96. The Kier molecular flexibility index (Phi) is 7.11. The van der Waals surface area contributed by atoms with E-state index in [2.05, 4.69) is 34.8 Å². The van der Waals surface area contributed by atoms with Crippen LogP contribution in [-0.2, 0) is 21.7 Å². The van der Waals surface area contributed by atoms with E-state index < -0.39 is 25.5 Å². The van der Waals surface area contributed by atoms with Gasteiger partial charge in [-0.3, -0.25) is 0 Å². The van der Waals surface area contributed by atoms with Crippen LogP contribution in [0.2, 0.25) is 25.7 Å². The Morgan fingerprint density at radius 1 is 1.10 bits per heavy atom. The maximum absolute atomic E-state index is 15.4. The van der Waals surface area contributed by atoms with Crippen molar-refractivity contribution in [1.82, 2.24) is 29.4 Å². The maximum Gasteiger partial charge on any atom is 0.416 e. The summed E-state index contributed by atoms with van der Waals surface area (Å²) in [6, 6.07) is 17.3. The Labute approximate surface area is 243 Å². The molecule has 1 aliphatic rings. The van der Waals surface area contributed by atoms with E-state index >= 15 is 4.39 Å². The zero-order valence-electron chi connectivity index (χ0n) is 24.0. The minimum absolute atomic E-state index is 0.190. The van der Waals surface area contributed by atoms with E-state index in [9.17, 15) is 4.79 Å². The highest BCUT2D eigenvalue weighted by molar-refractivity contribution is 6.76. The lowest BCUT2D eigenvalue weighted by Gasteiger charge is -2.31. The van der Waals surface area contributed by atoms with Gasteiger partial charge in [-0.15, -0.1) is 5.10 Å². The number of cyclic esters (lactones) is 1. The highest BCUT2D eigenvalue weighted by Gasteiger charge is 2.46. The van der Waals surface area contributed by atoms with Crippen molar-refractivity contribution >= 4 is 25.6 Å². The molecule has 1 amide bonds. The molecule has 0 bridgehead atoms. The average molecular weight is 586 g/mol. The third-order valence-electron chi connectivity index (χ3n) is 7.41. The molecule has 1 saturated heterocycles. The normalized spacial score (nSPS) is 17.3. The van der Waals surface area contributed by atoms with Gasteiger partial charge < -0.3 is 9.47 Å². The number of anilines is 1. The molecule has 0 spiro atoms. The first-order chi connectivity index (χ1) is 20.1. The molecule has 0 aliphatic carbocycles. The number of aromatic nitrogens is 6. The third-order valence-corrected chi connectivity index (χ3v) is 9.11. The summed E-state index contributed by atoms with van der Waals surface area (Å²) in [5.41, 5.74) is 2.15. The van der Waals surface area contributed by atoms with Gasteiger partial charge in [0.05, 0.1) is 11.8 Å². The Balaban J connectivity index is 1.26. The molecule has 216 valence electrons. The number of fused-ring (bicyclic) bond motifs is 1. The lowest BCUT2D eigenvalue weighted by molar-refractivity contribution is 0.0784. The van der Waals surface area contributed by atoms with E-state index in [-0.39, 0.29) is 24.7 Å². The Morgan fingerprint density at radius 3 is 2.67 bits per heavy atom. The first-order valence-corrected chi connectivity index (χ1v) is 17.5. The number of benzene rings is 2. The molecule has 4 heterocycles. The second kappa shape index (κ2) is 10.8. The van der Waals surface area contributed by atoms with Crippen LogP contribution in [0.25, 0.3) is 28.2 Å². The number of amides is 1. The molecule has 0 radical (unpaired) electrons. The van der Waals surface area contributed by atoms with Crippen molar-refractivity contribution < 1.29 is 18.7 Å². The molecule has 0 unspecified atom stereocenters. The monoisotopic (exact) mass is 585 g/mol. The van der Waals surface area contributed by atoms with E-state index in [1.54, 1.807) is 51.0 Å². The fourth-order valence-corrected chi connectivity index (χ4v) is 5.71. The number of hydrogen-bond donors (Lipinski definition) is 0. The predicted molar refractivity (Wildman–Crippen MR) is 159 cm³/mol. The van der Waals surface area contributed by atoms with Gasteiger partial charge >= 0.3 is 6.09 Å². The summed E-state index contributed by atoms with van der Waals surface area (Å²) < 4.78 is 29.8. The van der Waals surface area contributed by atoms with Gasteiger partial charge in [-0.1, -0.05) is 56.0 Å². The van der Waals surface area contributed by atoms with E-state index in [1.165, 1.54) is 6.07 Å². The minimum atomic E-state index is -1.18. The summed E-state index contributed by atoms with van der Waals surface area (Å²) in [5.74, 6) is 0.220. The largest absolute Gasteiger partial charge is 0.446 e. The molecule has 12 heteroatoms. The number of nitrogens with zero attached hydrogens (tertiary/aromatic N) is 7. The smallest absolute Gasteiger partial charge is 0.416 e. The van der Waals surface area contributed by atoms with Gasteiger partial charge in [0.25, 0.3) is 0 Å². The molecule has 5 aromatic rings. The Hall–Kier alpha value is -4.42. The molecule has 6 rings (SSSR count). The highest BCUT2D eigenvalue weighted by atomic mass is 28.3. The number of carbonyl (C=O) groups excluding carboxylic acids is 1. The quantitative estimate of drug-likeness (QED) is 0.155. The standard InChI is InChI=1S/C30H32FN7O3Si/c1-30(22-8-6-5-7-9-22)18-41-29(39)38(30)26-12-13-37-28(34-26)24(17-33-37)21-10-11-23(25(31)16-21)27-32-19-36(35-27)20-40-14-15-42(2,3)4/h5-13,16-17,19H,14-15,18,20H2,1-4H3/t30-/m1/s1. The highest BCUT2D eigenvalue weighted by Crippen LogP contribution is 2.38. The summed E-state index contributed by atoms with van der Waals surface area (Å²) in [4.78, 5) is 23.5. The summed E-state index contributed by atoms with van der Waals surface area (Å²) in [5, 5.41) is 8.79. The second-order valence-corrected chi connectivity index (χ2v) is 17.4. The number of rotatable bonds is 9. The molecule has 0 N–H and O–H groups in total. The maximum atomic E-state index is 15.4. The van der Waals surface area contributed by atoms with Gasteiger partial charge in [-0.05, 0) is 42.3 Å². The number of carbonyl (C=O) groups is 1. The van der Waals surface area contributed by atoms with Crippen molar-refractivity contribution in [2.45, 2.75) is 44.9 Å². The molecular weight excluding hydrogens is 553 g/mol. The topological polar surface area (TPSA) is 99.7 Å². The molecule has 3 aromatic heterocycles. The molecule has 1 fully saturated rings. The summed E-state index contributed by atoms with van der Waals surface area (Å²) in [7, 11) is -1.18. The van der Waals surface area contributed by atoms with Crippen LogP contribution in [0, 0.1) is 5.82 Å². The predicted octanol–water partition coefficient (Wildman–Crippen LogP) is 5.98. The molecular formula is C30H32FN7O3Si. The van der Waals surface area contributed by atoms with E-state index in [0.717, 1.165) is 11.6 Å². The molecule has 1 aliphatic heterocycles. The van der Waals surface area contributed by atoms with Crippen LogP contribution in [0.5, 0.6) is 0 Å². The Bertz CT molecular complexity index is 1750. The zero-order chi connectivity index (χ0) is 29.5. The number of ether oxygens (including phenoxy) is 2. The van der Waals surface area contributed by atoms with Crippen LogP contribution >= 0.6 is 0 Å². The van der Waals surface area contributed by atoms with Crippen molar-refractivity contribution in [2.24, 2.45) is 0 Å². The van der Waals surface area contributed by atoms with Crippen molar-refractivity contribution in [3.8, 4) is 22.5 Å². The van der Waals surface area contributed by atoms with E-state index in [4.69, 9.17) is 14.5 Å². The lowest BCUT2D eigenvalue weighted by atomic mass is 9.92. The first kappa shape index (κ1) is 27.7. The Morgan fingerprint density at radius 2 is 1.90 bits per heavy atom. The number of halogens is 1. The molecule has 10 nitrogen and oxygen atoms in total. The van der Waals surface area contributed by atoms with Gasteiger partial charge in [-0.2, -0.15) is 5.10 Å². The fraction of sp³-hybridized carbons (Fsp3) is 0.300. The minimum Gasteiger partial charge on any atom is -0.446 e. The second-order valence-electron chi connectivity index (χ2n) is 11.8. The molecule has 2 aromatic carbocycles. The average Bonchev–Trinajstić information content (AvgIpc) is 3.68. The van der Waals surface area contributed by atoms with E-state index in [1.807, 2.05) is 37.3 Å². The van der Waals surface area contributed by atoms with Crippen LogP contribution in [0.15, 0.2) is 73.3 Å². The first-order valence-electron chi connectivity index (χ1n) is 13.8. The van der Waals surface area contributed by atoms with Gasteiger partial charge in [0, 0.05) is 26.4 Å². The summed E-state index contributed by atoms with van der Waals surface area (Å²) in [6.07, 6.45) is 4.42. The molecule has 1 atom stereocenters. The molecule has 42 heavy (non-hydrogen) atoms. The van der Waals surface area contributed by atoms with Gasteiger partial charge in [-0.25, -0.2) is 33.3 Å². The van der Waals surface area contributed by atoms with Crippen LogP contribution < -0.4 is 4.90 Å². The van der Waals surface area contributed by atoms with Crippen molar-refractivity contribution in [2.75, 3.05) is 18.1 Å². The van der Waals surface area contributed by atoms with Gasteiger partial charge in [0.2, 0.25) is 0 Å². The van der Waals surface area contributed by atoms with Crippen LogP contribution in [0.3, 0.4) is 0 Å². The molecule has 0 saturated carbocycles. The zero-order valence-corrected chi connectivity index (χ0v) is 25.0. The van der Waals surface area contributed by atoms with Crippen LogP contribution in [-0.4, -0.2) is 56.7 Å². The van der Waals surface area contributed by atoms with Crippen molar-refractivity contribution in [1.29, 1.82) is 0 Å². The van der Waals surface area contributed by atoms with Crippen LogP contribution in [0.1, 0.15) is 12.5 Å². The summed E-state index contributed by atoms with van der Waals surface area (Å²) in [6.45, 7) is 9.95. The van der Waals surface area contributed by atoms with Crippen LogP contribution in [0.4, 0.5) is 15.0 Å². The number of hydrogen-bond acceptors (Lipinski definition) is 7. The van der Waals surface area contributed by atoms with Gasteiger partial charge in [0.15, 0.2) is 11.5 Å². The lowest BCUT2D eigenvalue weighted by Crippen LogP contribution is -2.42. The SMILES string of the molecule is C[C@]1(c2ccccc2)COC(=O)N1c1ccn2ncc(-c3ccc(-c4ncn(COCC[Si](C)(C)C)n4)c(F)c3)c2n1. The van der Waals surface area contributed by atoms with Crippen molar-refractivity contribution in [3.05, 3.63) is 84.7 Å². The third kappa shape index (κ3) is 5.30. The van der Waals surface area contributed by atoms with Crippen molar-refractivity contribution in [3.63, 3.8) is 0 Å². The van der Waals surface area contributed by atoms with Gasteiger partial charge in [0.1, 0.15) is 36.8 Å². The van der Waals surface area contributed by atoms with E-state index in [0.29, 0.717) is 29.2 Å². The summed E-state index contributed by atoms with van der Waals surface area (Å²) >= 11 is 0.